The van der Waals surface area contributed by atoms with E-state index in [0.29, 0.717) is 0 Å². The predicted molar refractivity (Wildman–Crippen MR) is 75.9 cm³/mol. The van der Waals surface area contributed by atoms with Crippen molar-refractivity contribution in [1.82, 2.24) is 0 Å². The molecule has 19 heavy (non-hydrogen) atoms. The van der Waals surface area contributed by atoms with Gasteiger partial charge in [0.25, 0.3) is 0 Å². The number of hydrogen-bond donors (Lipinski definition) is 0. The van der Waals surface area contributed by atoms with Gasteiger partial charge in [-0.3, -0.25) is 4.79 Å². The van der Waals surface area contributed by atoms with Crippen LogP contribution in [0.25, 0.3) is 0 Å². The van der Waals surface area contributed by atoms with Gasteiger partial charge in [0.2, 0.25) is 0 Å². The minimum absolute atomic E-state index is 0.0626. The Morgan fingerprint density at radius 2 is 1.74 bits per heavy atom. The number of carbonyl (C=O) groups is 1. The van der Waals surface area contributed by atoms with Crippen LogP contribution >= 0.6 is 0 Å². The Morgan fingerprint density at radius 1 is 1.16 bits per heavy atom. The van der Waals surface area contributed by atoms with Gasteiger partial charge in [-0.15, -0.1) is 0 Å². The molecule has 1 aromatic rings. The molecule has 0 N–H and O–H groups in total. The number of ether oxygens (including phenoxy) is 2. The van der Waals surface area contributed by atoms with Crippen LogP contribution in [0.3, 0.4) is 0 Å². The molecule has 0 unspecified atom stereocenters. The van der Waals surface area contributed by atoms with E-state index in [1.165, 1.54) is 0 Å². The fraction of sp³-hybridized carbons (Fsp3) is 0.562. The van der Waals surface area contributed by atoms with Crippen LogP contribution in [0.1, 0.15) is 52.7 Å². The van der Waals surface area contributed by atoms with E-state index >= 15 is 0 Å². The normalized spacial score (nSPS) is 13.4. The highest BCUT2D eigenvalue weighted by Gasteiger charge is 2.22. The molecule has 1 rings (SSSR count). The summed E-state index contributed by atoms with van der Waals surface area (Å²) in [5, 5.41) is 0. The Morgan fingerprint density at radius 3 is 2.21 bits per heavy atom. The third kappa shape index (κ3) is 6.39. The van der Waals surface area contributed by atoms with Crippen LogP contribution < -0.4 is 0 Å². The zero-order chi connectivity index (χ0) is 14.5. The minimum atomic E-state index is -0.462. The summed E-state index contributed by atoms with van der Waals surface area (Å²) in [5.74, 6) is -0.234. The van der Waals surface area contributed by atoms with Crippen LogP contribution in [-0.4, -0.2) is 17.7 Å². The third-order valence-corrected chi connectivity index (χ3v) is 2.38. The number of carbonyl (C=O) groups excluding carboxylic acids is 1. The van der Waals surface area contributed by atoms with Crippen LogP contribution in [0.4, 0.5) is 0 Å². The molecule has 0 spiro atoms. The Labute approximate surface area is 115 Å². The Bertz CT molecular complexity index is 390. The average molecular weight is 264 g/mol. The summed E-state index contributed by atoms with van der Waals surface area (Å²) < 4.78 is 11.2. The SMILES string of the molecule is CC(C)O[C@@H](CC(=O)OC(C)(C)C)c1ccccc1. The molecule has 0 saturated heterocycles. The maximum atomic E-state index is 11.9. The molecular formula is C16H24O3. The second-order valence-corrected chi connectivity index (χ2v) is 5.87. The van der Waals surface area contributed by atoms with Crippen molar-refractivity contribution in [3.8, 4) is 0 Å². The molecule has 0 bridgehead atoms. The molecule has 0 saturated carbocycles. The van der Waals surface area contributed by atoms with Crippen molar-refractivity contribution in [1.29, 1.82) is 0 Å². The smallest absolute Gasteiger partial charge is 0.309 e. The highest BCUT2D eigenvalue weighted by molar-refractivity contribution is 5.70. The van der Waals surface area contributed by atoms with Crippen molar-refractivity contribution in [2.75, 3.05) is 0 Å². The summed E-state index contributed by atoms with van der Waals surface area (Å²) in [6.45, 7) is 9.53. The summed E-state index contributed by atoms with van der Waals surface area (Å²) in [5.41, 5.74) is 0.540. The van der Waals surface area contributed by atoms with Crippen LogP contribution in [0.2, 0.25) is 0 Å². The van der Waals surface area contributed by atoms with E-state index in [4.69, 9.17) is 9.47 Å². The van der Waals surface area contributed by atoms with Gasteiger partial charge in [-0.05, 0) is 40.2 Å². The lowest BCUT2D eigenvalue weighted by molar-refractivity contribution is -0.159. The predicted octanol–water partition coefficient (Wildman–Crippen LogP) is 3.88. The molecule has 0 aliphatic heterocycles. The Kier molecular flexibility index (Phi) is 5.55. The van der Waals surface area contributed by atoms with Gasteiger partial charge < -0.3 is 9.47 Å². The van der Waals surface area contributed by atoms with Gasteiger partial charge in [0.05, 0.1) is 18.6 Å². The van der Waals surface area contributed by atoms with Crippen molar-refractivity contribution in [3.05, 3.63) is 35.9 Å². The van der Waals surface area contributed by atoms with E-state index in [-0.39, 0.29) is 24.6 Å². The first-order valence-corrected chi connectivity index (χ1v) is 6.70. The molecule has 0 aliphatic rings. The van der Waals surface area contributed by atoms with Gasteiger partial charge in [0.15, 0.2) is 0 Å². The van der Waals surface area contributed by atoms with Gasteiger partial charge in [-0.25, -0.2) is 0 Å². The lowest BCUT2D eigenvalue weighted by Gasteiger charge is -2.24. The third-order valence-electron chi connectivity index (χ3n) is 2.38. The van der Waals surface area contributed by atoms with Crippen molar-refractivity contribution in [3.63, 3.8) is 0 Å². The average Bonchev–Trinajstić information content (AvgIpc) is 2.26. The van der Waals surface area contributed by atoms with Gasteiger partial charge >= 0.3 is 5.97 Å². The molecule has 0 amide bonds. The maximum absolute atomic E-state index is 11.9. The summed E-state index contributed by atoms with van der Waals surface area (Å²) in [6.07, 6.45) is 0.0446. The van der Waals surface area contributed by atoms with E-state index in [0.717, 1.165) is 5.56 Å². The Balaban J connectivity index is 2.73. The maximum Gasteiger partial charge on any atom is 0.309 e. The number of benzene rings is 1. The molecular weight excluding hydrogens is 240 g/mol. The fourth-order valence-corrected chi connectivity index (χ4v) is 1.78. The number of hydrogen-bond acceptors (Lipinski definition) is 3. The summed E-state index contributed by atoms with van der Waals surface area (Å²) in [4.78, 5) is 11.9. The van der Waals surface area contributed by atoms with Crippen molar-refractivity contribution in [2.45, 2.75) is 58.8 Å². The lowest BCUT2D eigenvalue weighted by atomic mass is 10.1. The molecule has 0 fully saturated rings. The molecule has 3 nitrogen and oxygen atoms in total. The highest BCUT2D eigenvalue weighted by Crippen LogP contribution is 2.24. The monoisotopic (exact) mass is 264 g/mol. The van der Waals surface area contributed by atoms with Crippen molar-refractivity contribution >= 4 is 5.97 Å². The first kappa shape index (κ1) is 15.7. The second-order valence-electron chi connectivity index (χ2n) is 5.87. The molecule has 0 aliphatic carbocycles. The van der Waals surface area contributed by atoms with E-state index in [9.17, 15) is 4.79 Å². The van der Waals surface area contributed by atoms with Gasteiger partial charge in [-0.1, -0.05) is 30.3 Å². The fourth-order valence-electron chi connectivity index (χ4n) is 1.78. The topological polar surface area (TPSA) is 35.5 Å². The largest absolute Gasteiger partial charge is 0.460 e. The van der Waals surface area contributed by atoms with E-state index in [1.54, 1.807) is 0 Å². The highest BCUT2D eigenvalue weighted by atomic mass is 16.6. The molecule has 0 heterocycles. The summed E-state index contributed by atoms with van der Waals surface area (Å²) in [7, 11) is 0. The molecule has 3 heteroatoms. The first-order valence-electron chi connectivity index (χ1n) is 6.70. The standard InChI is InChI=1S/C16H24O3/c1-12(2)18-14(13-9-7-6-8-10-13)11-15(17)19-16(3,4)5/h6-10,12,14H,11H2,1-5H3/t14-/m0/s1. The van der Waals surface area contributed by atoms with Gasteiger partial charge in [-0.2, -0.15) is 0 Å². The van der Waals surface area contributed by atoms with Crippen molar-refractivity contribution in [2.24, 2.45) is 0 Å². The van der Waals surface area contributed by atoms with Crippen LogP contribution in [-0.2, 0) is 14.3 Å². The Hall–Kier alpha value is -1.35. The lowest BCUT2D eigenvalue weighted by Crippen LogP contribution is -2.26. The second kappa shape index (κ2) is 6.71. The zero-order valence-corrected chi connectivity index (χ0v) is 12.5. The first-order chi connectivity index (χ1) is 8.78. The molecule has 0 radical (unpaired) electrons. The zero-order valence-electron chi connectivity index (χ0n) is 12.5. The van der Waals surface area contributed by atoms with Crippen LogP contribution in [0.5, 0.6) is 0 Å². The molecule has 1 atom stereocenters. The van der Waals surface area contributed by atoms with Gasteiger partial charge in [0.1, 0.15) is 5.60 Å². The molecule has 106 valence electrons. The summed E-state index contributed by atoms with van der Waals surface area (Å²) >= 11 is 0. The molecule has 1 aromatic carbocycles. The quantitative estimate of drug-likeness (QED) is 0.757. The molecule has 0 aromatic heterocycles. The van der Waals surface area contributed by atoms with E-state index in [2.05, 4.69) is 0 Å². The van der Waals surface area contributed by atoms with Crippen LogP contribution in [0.15, 0.2) is 30.3 Å². The van der Waals surface area contributed by atoms with E-state index in [1.807, 2.05) is 65.0 Å². The van der Waals surface area contributed by atoms with Crippen LogP contribution in [0, 0.1) is 0 Å². The minimum Gasteiger partial charge on any atom is -0.460 e. The van der Waals surface area contributed by atoms with Crippen molar-refractivity contribution < 1.29 is 14.3 Å². The number of rotatable bonds is 5. The number of esters is 1. The summed E-state index contributed by atoms with van der Waals surface area (Å²) in [6, 6.07) is 9.78. The van der Waals surface area contributed by atoms with Gasteiger partial charge in [0, 0.05) is 0 Å². The van der Waals surface area contributed by atoms with E-state index < -0.39 is 5.60 Å².